The maximum absolute atomic E-state index is 5.98. The second-order valence-corrected chi connectivity index (χ2v) is 7.92. The number of piperazine rings is 1. The molecule has 0 bridgehead atoms. The number of hydrogen-bond donors (Lipinski definition) is 2. The highest BCUT2D eigenvalue weighted by atomic mass is 127. The van der Waals surface area contributed by atoms with Crippen LogP contribution in [0.25, 0.3) is 0 Å². The van der Waals surface area contributed by atoms with E-state index in [0.29, 0.717) is 12.5 Å². The van der Waals surface area contributed by atoms with Gasteiger partial charge in [0.2, 0.25) is 0 Å². The van der Waals surface area contributed by atoms with Crippen LogP contribution in [-0.4, -0.2) is 88.4 Å². The predicted molar refractivity (Wildman–Crippen MR) is 136 cm³/mol. The number of benzene rings is 1. The van der Waals surface area contributed by atoms with E-state index in [0.717, 1.165) is 63.3 Å². The van der Waals surface area contributed by atoms with Gasteiger partial charge in [0, 0.05) is 51.9 Å². The summed E-state index contributed by atoms with van der Waals surface area (Å²) in [6.07, 6.45) is 0.00808. The van der Waals surface area contributed by atoms with E-state index in [1.807, 2.05) is 31.2 Å². The fraction of sp³-hybridized carbons (Fsp3) is 0.682. The minimum absolute atomic E-state index is 0. The zero-order chi connectivity index (χ0) is 21.1. The number of nitrogens with zero attached hydrogens (tertiary/aromatic N) is 3. The molecule has 2 N–H and O–H groups in total. The van der Waals surface area contributed by atoms with Crippen molar-refractivity contribution in [2.75, 3.05) is 66.5 Å². The Morgan fingerprint density at radius 1 is 1.13 bits per heavy atom. The smallest absolute Gasteiger partial charge is 0.191 e. The van der Waals surface area contributed by atoms with Crippen molar-refractivity contribution in [2.45, 2.75) is 26.9 Å². The number of aliphatic imine (C=N–C) groups is 1. The Hall–Kier alpha value is -1.26. The average Bonchev–Trinajstić information content (AvgIpc) is 2.72. The van der Waals surface area contributed by atoms with Gasteiger partial charge in [-0.15, -0.1) is 24.0 Å². The first-order valence-electron chi connectivity index (χ1n) is 10.7. The van der Waals surface area contributed by atoms with Crippen molar-refractivity contribution >= 4 is 29.9 Å². The number of ether oxygens (including phenoxy) is 2. The Kier molecular flexibility index (Phi) is 13.1. The van der Waals surface area contributed by atoms with Crippen LogP contribution in [-0.2, 0) is 0 Å². The highest BCUT2D eigenvalue weighted by Crippen LogP contribution is 2.19. The van der Waals surface area contributed by atoms with Gasteiger partial charge in [-0.2, -0.15) is 0 Å². The maximum atomic E-state index is 5.98. The van der Waals surface area contributed by atoms with Crippen LogP contribution in [0.3, 0.4) is 0 Å². The molecule has 1 heterocycles. The second-order valence-electron chi connectivity index (χ2n) is 7.92. The largest absolute Gasteiger partial charge is 0.497 e. The quantitative estimate of drug-likeness (QED) is 0.274. The Balaban J connectivity index is 0.00000450. The summed E-state index contributed by atoms with van der Waals surface area (Å²) in [4.78, 5) is 9.72. The van der Waals surface area contributed by atoms with Crippen LogP contribution in [0.15, 0.2) is 29.3 Å². The third-order valence-electron chi connectivity index (χ3n) is 5.01. The van der Waals surface area contributed by atoms with Crippen LogP contribution in [0, 0.1) is 5.92 Å². The van der Waals surface area contributed by atoms with Gasteiger partial charge in [0.25, 0.3) is 0 Å². The van der Waals surface area contributed by atoms with Gasteiger partial charge >= 0.3 is 0 Å². The van der Waals surface area contributed by atoms with Crippen molar-refractivity contribution in [3.63, 3.8) is 0 Å². The molecule has 0 aromatic heterocycles. The molecule has 0 aliphatic carbocycles. The van der Waals surface area contributed by atoms with Crippen LogP contribution in [0.5, 0.6) is 11.5 Å². The molecule has 172 valence electrons. The summed E-state index contributed by atoms with van der Waals surface area (Å²) in [7, 11) is 3.85. The standard InChI is InChI=1S/C22H39N5O2.HI/c1-6-23-22(24-15-18(2)17-27-12-10-26(4)11-13-27)25-16-19(3)29-21-9-7-8-20(14-21)28-5;/h7-9,14,18-19H,6,10-13,15-17H2,1-5H3,(H2,23,24,25);1H. The molecular formula is C22H40IN5O2. The van der Waals surface area contributed by atoms with Crippen molar-refractivity contribution in [3.05, 3.63) is 24.3 Å². The summed E-state index contributed by atoms with van der Waals surface area (Å²) in [5.41, 5.74) is 0. The van der Waals surface area contributed by atoms with Crippen molar-refractivity contribution in [3.8, 4) is 11.5 Å². The molecule has 0 saturated carbocycles. The lowest BCUT2D eigenvalue weighted by Crippen LogP contribution is -2.46. The third-order valence-corrected chi connectivity index (χ3v) is 5.01. The highest BCUT2D eigenvalue weighted by Gasteiger charge is 2.16. The normalized spacial score (nSPS) is 17.6. The van der Waals surface area contributed by atoms with Crippen LogP contribution in [0.1, 0.15) is 20.8 Å². The van der Waals surface area contributed by atoms with Gasteiger partial charge in [0.05, 0.1) is 13.7 Å². The van der Waals surface area contributed by atoms with Crippen LogP contribution in [0.4, 0.5) is 0 Å². The van der Waals surface area contributed by atoms with Crippen LogP contribution in [0.2, 0.25) is 0 Å². The number of rotatable bonds is 10. The monoisotopic (exact) mass is 533 g/mol. The number of nitrogens with one attached hydrogen (secondary N) is 2. The van der Waals surface area contributed by atoms with Gasteiger partial charge in [0.15, 0.2) is 5.96 Å². The molecule has 1 aromatic carbocycles. The molecule has 1 fully saturated rings. The molecule has 1 saturated heterocycles. The van der Waals surface area contributed by atoms with E-state index in [1.165, 1.54) is 0 Å². The highest BCUT2D eigenvalue weighted by molar-refractivity contribution is 14.0. The summed E-state index contributed by atoms with van der Waals surface area (Å²) in [6.45, 7) is 14.5. The Morgan fingerprint density at radius 2 is 1.83 bits per heavy atom. The SMILES string of the molecule is CCNC(=NCC(C)CN1CCN(C)CC1)NCC(C)Oc1cccc(OC)c1.I. The Bertz CT molecular complexity index is 623. The van der Waals surface area contributed by atoms with E-state index in [2.05, 4.69) is 41.3 Å². The van der Waals surface area contributed by atoms with E-state index >= 15 is 0 Å². The van der Waals surface area contributed by atoms with E-state index in [9.17, 15) is 0 Å². The number of guanidine groups is 1. The number of hydrogen-bond acceptors (Lipinski definition) is 5. The molecule has 30 heavy (non-hydrogen) atoms. The Labute approximate surface area is 199 Å². The van der Waals surface area contributed by atoms with Crippen LogP contribution < -0.4 is 20.1 Å². The second kappa shape index (κ2) is 14.7. The molecule has 0 radical (unpaired) electrons. The average molecular weight is 533 g/mol. The molecular weight excluding hydrogens is 493 g/mol. The van der Waals surface area contributed by atoms with Gasteiger partial charge < -0.3 is 29.9 Å². The van der Waals surface area contributed by atoms with Gasteiger partial charge in [-0.3, -0.25) is 4.99 Å². The zero-order valence-corrected chi connectivity index (χ0v) is 21.5. The molecule has 1 aliphatic heterocycles. The lowest BCUT2D eigenvalue weighted by Gasteiger charge is -2.33. The maximum Gasteiger partial charge on any atom is 0.191 e. The number of likely N-dealkylation sites (N-methyl/N-ethyl adjacent to an activating group) is 1. The van der Waals surface area contributed by atoms with E-state index in [4.69, 9.17) is 14.5 Å². The first-order valence-corrected chi connectivity index (χ1v) is 10.7. The fourth-order valence-electron chi connectivity index (χ4n) is 3.31. The molecule has 8 heteroatoms. The Morgan fingerprint density at radius 3 is 2.50 bits per heavy atom. The van der Waals surface area contributed by atoms with Gasteiger partial charge in [-0.25, -0.2) is 0 Å². The lowest BCUT2D eigenvalue weighted by atomic mass is 10.1. The topological polar surface area (TPSA) is 61.4 Å². The van der Waals surface area contributed by atoms with Crippen LogP contribution >= 0.6 is 24.0 Å². The first kappa shape index (κ1) is 26.8. The zero-order valence-electron chi connectivity index (χ0n) is 19.2. The van der Waals surface area contributed by atoms with Crippen molar-refractivity contribution in [2.24, 2.45) is 10.9 Å². The lowest BCUT2D eigenvalue weighted by molar-refractivity contribution is 0.140. The summed E-state index contributed by atoms with van der Waals surface area (Å²) in [5, 5.41) is 6.72. The van der Waals surface area contributed by atoms with E-state index in [-0.39, 0.29) is 30.1 Å². The minimum Gasteiger partial charge on any atom is -0.497 e. The molecule has 0 spiro atoms. The van der Waals surface area contributed by atoms with Crippen molar-refractivity contribution in [1.29, 1.82) is 0 Å². The van der Waals surface area contributed by atoms with Gasteiger partial charge in [0.1, 0.15) is 17.6 Å². The fourth-order valence-corrected chi connectivity index (χ4v) is 3.31. The summed E-state index contributed by atoms with van der Waals surface area (Å²) in [5.74, 6) is 2.98. The molecule has 1 aliphatic rings. The van der Waals surface area contributed by atoms with Crippen molar-refractivity contribution in [1.82, 2.24) is 20.4 Å². The molecule has 7 nitrogen and oxygen atoms in total. The predicted octanol–water partition coefficient (Wildman–Crippen LogP) is 2.52. The molecule has 2 atom stereocenters. The molecule has 1 aromatic rings. The molecule has 0 amide bonds. The number of methoxy groups -OCH3 is 1. The summed E-state index contributed by atoms with van der Waals surface area (Å²) in [6, 6.07) is 7.69. The van der Waals surface area contributed by atoms with Crippen molar-refractivity contribution < 1.29 is 9.47 Å². The summed E-state index contributed by atoms with van der Waals surface area (Å²) < 4.78 is 11.2. The first-order chi connectivity index (χ1) is 14.0. The summed E-state index contributed by atoms with van der Waals surface area (Å²) >= 11 is 0. The number of halogens is 1. The minimum atomic E-state index is 0. The van der Waals surface area contributed by atoms with Gasteiger partial charge in [-0.1, -0.05) is 13.0 Å². The third kappa shape index (κ3) is 10.2. The van der Waals surface area contributed by atoms with Gasteiger partial charge in [-0.05, 0) is 38.9 Å². The molecule has 2 rings (SSSR count). The van der Waals surface area contributed by atoms with E-state index in [1.54, 1.807) is 7.11 Å². The van der Waals surface area contributed by atoms with E-state index < -0.39 is 0 Å². The molecule has 2 unspecified atom stereocenters.